The van der Waals surface area contributed by atoms with Gasteiger partial charge in [-0.1, -0.05) is 0 Å². The Kier molecular flexibility index (Phi) is 8.50. The molecule has 2 N–H and O–H groups in total. The van der Waals surface area contributed by atoms with Gasteiger partial charge in [-0.25, -0.2) is 5.43 Å². The molecule has 166 valence electrons. The van der Waals surface area contributed by atoms with Crippen LogP contribution in [0.5, 0.6) is 28.7 Å². The highest BCUT2D eigenvalue weighted by atomic mass is 16.5. The molecule has 0 spiro atoms. The molecule has 0 atom stereocenters. The van der Waals surface area contributed by atoms with Crippen molar-refractivity contribution in [1.82, 2.24) is 10.7 Å². The molecule has 2 aromatic rings. The summed E-state index contributed by atoms with van der Waals surface area (Å²) in [7, 11) is 7.46. The number of hydrazone groups is 1. The molecule has 0 heterocycles. The average Bonchev–Trinajstić information content (AvgIpc) is 2.81. The van der Waals surface area contributed by atoms with Crippen molar-refractivity contribution < 1.29 is 33.3 Å². The van der Waals surface area contributed by atoms with Gasteiger partial charge in [-0.3, -0.25) is 9.59 Å². The molecule has 31 heavy (non-hydrogen) atoms. The molecular weight excluding hydrogens is 406 g/mol. The van der Waals surface area contributed by atoms with E-state index in [1.807, 2.05) is 0 Å². The third kappa shape index (κ3) is 5.78. The Bertz CT molecular complexity index is 960. The molecule has 0 aromatic heterocycles. The van der Waals surface area contributed by atoms with Crippen LogP contribution < -0.4 is 34.4 Å². The summed E-state index contributed by atoms with van der Waals surface area (Å²) in [6.45, 7) is -0.270. The molecule has 0 aliphatic carbocycles. The second-order valence-electron chi connectivity index (χ2n) is 5.97. The van der Waals surface area contributed by atoms with Crippen molar-refractivity contribution in [1.29, 1.82) is 0 Å². The van der Waals surface area contributed by atoms with Crippen molar-refractivity contribution in [3.63, 3.8) is 0 Å². The summed E-state index contributed by atoms with van der Waals surface area (Å²) >= 11 is 0. The van der Waals surface area contributed by atoms with Crippen LogP contribution in [0.1, 0.15) is 15.9 Å². The van der Waals surface area contributed by atoms with E-state index < -0.39 is 11.8 Å². The smallest absolute Gasteiger partial charge is 0.259 e. The number of hydrogen-bond donors (Lipinski definition) is 2. The summed E-state index contributed by atoms with van der Waals surface area (Å²) in [5.41, 5.74) is 3.23. The van der Waals surface area contributed by atoms with Crippen LogP contribution in [0.2, 0.25) is 0 Å². The van der Waals surface area contributed by atoms with Gasteiger partial charge >= 0.3 is 0 Å². The molecule has 10 nitrogen and oxygen atoms in total. The number of ether oxygens (including phenoxy) is 5. The Balaban J connectivity index is 1.97. The third-order valence-electron chi connectivity index (χ3n) is 4.18. The predicted octanol–water partition coefficient (Wildman–Crippen LogP) is 1.61. The zero-order valence-electron chi connectivity index (χ0n) is 18.0. The number of benzene rings is 2. The van der Waals surface area contributed by atoms with Crippen LogP contribution in [0.3, 0.4) is 0 Å². The highest BCUT2D eigenvalue weighted by Crippen LogP contribution is 2.38. The molecule has 0 aliphatic heterocycles. The summed E-state index contributed by atoms with van der Waals surface area (Å²) in [6.07, 6.45) is 1.40. The molecule has 2 aromatic carbocycles. The molecule has 2 amide bonds. The van der Waals surface area contributed by atoms with Gasteiger partial charge in [-0.2, -0.15) is 5.10 Å². The zero-order chi connectivity index (χ0) is 22.8. The monoisotopic (exact) mass is 431 g/mol. The van der Waals surface area contributed by atoms with Crippen LogP contribution in [0.4, 0.5) is 0 Å². The maximum absolute atomic E-state index is 12.3. The van der Waals surface area contributed by atoms with E-state index in [4.69, 9.17) is 23.7 Å². The summed E-state index contributed by atoms with van der Waals surface area (Å²) in [6, 6.07) is 8.08. The largest absolute Gasteiger partial charge is 0.493 e. The second-order valence-corrected chi connectivity index (χ2v) is 5.97. The molecule has 0 aliphatic rings. The molecule has 2 rings (SSSR count). The van der Waals surface area contributed by atoms with Gasteiger partial charge in [0.15, 0.2) is 23.0 Å². The van der Waals surface area contributed by atoms with E-state index in [1.54, 1.807) is 24.3 Å². The van der Waals surface area contributed by atoms with Crippen LogP contribution in [0.15, 0.2) is 35.4 Å². The minimum absolute atomic E-state index is 0.270. The zero-order valence-corrected chi connectivity index (χ0v) is 18.0. The first-order chi connectivity index (χ1) is 15.0. The van der Waals surface area contributed by atoms with Crippen molar-refractivity contribution in [2.75, 3.05) is 42.1 Å². The van der Waals surface area contributed by atoms with Crippen molar-refractivity contribution in [3.05, 3.63) is 41.5 Å². The van der Waals surface area contributed by atoms with Crippen molar-refractivity contribution in [2.45, 2.75) is 0 Å². The van der Waals surface area contributed by atoms with Crippen LogP contribution >= 0.6 is 0 Å². The van der Waals surface area contributed by atoms with Crippen LogP contribution in [0.25, 0.3) is 0 Å². The van der Waals surface area contributed by atoms with Crippen LogP contribution in [-0.2, 0) is 4.79 Å². The lowest BCUT2D eigenvalue weighted by atomic mass is 10.2. The quantitative estimate of drug-likeness (QED) is 0.434. The lowest BCUT2D eigenvalue weighted by Gasteiger charge is -2.13. The number of nitrogens with one attached hydrogen (secondary N) is 2. The molecular formula is C21H25N3O7. The summed E-state index contributed by atoms with van der Waals surface area (Å²) in [5.74, 6) is 1.26. The Labute approximate surface area is 180 Å². The lowest BCUT2D eigenvalue weighted by Crippen LogP contribution is -2.34. The summed E-state index contributed by atoms with van der Waals surface area (Å²) in [4.78, 5) is 24.3. The van der Waals surface area contributed by atoms with E-state index in [1.165, 1.54) is 47.8 Å². The van der Waals surface area contributed by atoms with E-state index >= 15 is 0 Å². The van der Waals surface area contributed by atoms with Gasteiger partial charge in [0.05, 0.1) is 48.3 Å². The van der Waals surface area contributed by atoms with Crippen LogP contribution in [0, 0.1) is 0 Å². The van der Waals surface area contributed by atoms with Gasteiger partial charge < -0.3 is 29.0 Å². The Morgan fingerprint density at radius 2 is 1.48 bits per heavy atom. The Morgan fingerprint density at radius 1 is 0.839 bits per heavy atom. The fraction of sp³-hybridized carbons (Fsp3) is 0.286. The molecule has 0 saturated heterocycles. The normalized spacial score (nSPS) is 10.4. The molecule has 0 bridgehead atoms. The minimum atomic E-state index is -0.510. The van der Waals surface area contributed by atoms with Gasteiger partial charge in [0.25, 0.3) is 11.8 Å². The molecule has 0 saturated carbocycles. The predicted molar refractivity (Wildman–Crippen MR) is 114 cm³/mol. The molecule has 10 heteroatoms. The van der Waals surface area contributed by atoms with E-state index in [2.05, 4.69) is 15.8 Å². The standard InChI is InChI=1S/C21H25N3O7/c1-27-15-8-6-13(10-17(15)29-3)21(26)22-12-18(25)24-23-11-14-7-9-16(28-2)20(31-5)19(14)30-4/h6-11H,12H2,1-5H3,(H,22,26)(H,24,25)/b23-11+. The SMILES string of the molecule is COc1ccc(C(=O)NCC(=O)N/N=C/c2ccc(OC)c(OC)c2OC)cc1OC. The number of rotatable bonds is 10. The van der Waals surface area contributed by atoms with Crippen LogP contribution in [-0.4, -0.2) is 60.1 Å². The molecule has 0 fully saturated rings. The third-order valence-corrected chi connectivity index (χ3v) is 4.18. The van der Waals surface area contributed by atoms with E-state index in [-0.39, 0.29) is 6.54 Å². The first-order valence-corrected chi connectivity index (χ1v) is 9.10. The topological polar surface area (TPSA) is 117 Å². The number of methoxy groups -OCH3 is 5. The number of nitrogens with zero attached hydrogens (tertiary/aromatic N) is 1. The number of hydrogen-bond acceptors (Lipinski definition) is 8. The van der Waals surface area contributed by atoms with Gasteiger partial charge in [-0.05, 0) is 30.3 Å². The fourth-order valence-corrected chi connectivity index (χ4v) is 2.68. The van der Waals surface area contributed by atoms with Crippen molar-refractivity contribution in [3.8, 4) is 28.7 Å². The summed E-state index contributed by atoms with van der Waals surface area (Å²) in [5, 5.41) is 6.40. The van der Waals surface area contributed by atoms with Gasteiger partial charge in [0.1, 0.15) is 0 Å². The minimum Gasteiger partial charge on any atom is -0.493 e. The highest BCUT2D eigenvalue weighted by molar-refractivity contribution is 5.97. The maximum atomic E-state index is 12.3. The van der Waals surface area contributed by atoms with Gasteiger partial charge in [-0.15, -0.1) is 0 Å². The van der Waals surface area contributed by atoms with Crippen molar-refractivity contribution in [2.24, 2.45) is 5.10 Å². The molecule has 0 unspecified atom stereocenters. The maximum Gasteiger partial charge on any atom is 0.259 e. The number of amides is 2. The average molecular weight is 431 g/mol. The Morgan fingerprint density at radius 3 is 2.10 bits per heavy atom. The lowest BCUT2D eigenvalue weighted by molar-refractivity contribution is -0.120. The first-order valence-electron chi connectivity index (χ1n) is 9.10. The van der Waals surface area contributed by atoms with Crippen molar-refractivity contribution >= 4 is 18.0 Å². The Hall–Kier alpha value is -3.95. The second kappa shape index (κ2) is 11.3. The van der Waals surface area contributed by atoms with E-state index in [0.29, 0.717) is 39.9 Å². The number of carbonyl (C=O) groups is 2. The van der Waals surface area contributed by atoms with Gasteiger partial charge in [0, 0.05) is 11.1 Å². The fourth-order valence-electron chi connectivity index (χ4n) is 2.68. The summed E-state index contributed by atoms with van der Waals surface area (Å²) < 4.78 is 26.2. The highest BCUT2D eigenvalue weighted by Gasteiger charge is 2.15. The first kappa shape index (κ1) is 23.3. The van der Waals surface area contributed by atoms with E-state index in [9.17, 15) is 9.59 Å². The number of carbonyl (C=O) groups excluding carboxylic acids is 2. The van der Waals surface area contributed by atoms with Gasteiger partial charge in [0.2, 0.25) is 5.75 Å². The molecule has 0 radical (unpaired) electrons. The van der Waals surface area contributed by atoms with E-state index in [0.717, 1.165) is 0 Å².